The molecule has 0 bridgehead atoms. The molecule has 0 spiro atoms. The molecule has 2 aromatic heterocycles. The molecule has 1 aliphatic heterocycles. The van der Waals surface area contributed by atoms with Crippen LogP contribution < -0.4 is 10.1 Å². The van der Waals surface area contributed by atoms with Crippen LogP contribution >= 0.6 is 0 Å². The van der Waals surface area contributed by atoms with Crippen molar-refractivity contribution in [2.24, 2.45) is 0 Å². The van der Waals surface area contributed by atoms with E-state index < -0.39 is 35.4 Å². The zero-order valence-electron chi connectivity index (χ0n) is 16.6. The Morgan fingerprint density at radius 1 is 1.26 bits per heavy atom. The number of nitrogens with zero attached hydrogens (tertiary/aromatic N) is 2. The minimum atomic E-state index is -4.57. The Morgan fingerprint density at radius 3 is 2.74 bits per heavy atom. The highest BCUT2D eigenvalue weighted by Crippen LogP contribution is 2.38. The van der Waals surface area contributed by atoms with Gasteiger partial charge in [0.05, 0.1) is 23.6 Å². The van der Waals surface area contributed by atoms with E-state index in [0.717, 1.165) is 12.4 Å². The van der Waals surface area contributed by atoms with Crippen LogP contribution in [0.25, 0.3) is 11.0 Å². The van der Waals surface area contributed by atoms with Crippen molar-refractivity contribution in [2.75, 3.05) is 18.5 Å². The molecule has 0 amide bonds. The number of rotatable bonds is 5. The van der Waals surface area contributed by atoms with E-state index in [1.54, 1.807) is 13.8 Å². The molecule has 31 heavy (non-hydrogen) atoms. The lowest BCUT2D eigenvalue weighted by atomic mass is 9.97. The summed E-state index contributed by atoms with van der Waals surface area (Å²) in [6.07, 6.45) is -4.06. The summed E-state index contributed by atoms with van der Waals surface area (Å²) in [4.78, 5) is 10.2. The van der Waals surface area contributed by atoms with Crippen LogP contribution in [-0.4, -0.2) is 45.0 Å². The maximum absolute atomic E-state index is 13.7. The quantitative estimate of drug-likeness (QED) is 0.523. The molecule has 0 saturated carbocycles. The number of benzene rings is 1. The maximum Gasteiger partial charge on any atom is 0.431 e. The van der Waals surface area contributed by atoms with Crippen LogP contribution in [0.4, 0.5) is 23.4 Å². The molecule has 1 aliphatic rings. The summed E-state index contributed by atoms with van der Waals surface area (Å²) in [5.74, 6) is -0.0509. The van der Waals surface area contributed by atoms with Gasteiger partial charge in [0.1, 0.15) is 47.8 Å². The summed E-state index contributed by atoms with van der Waals surface area (Å²) in [7, 11) is 0. The number of fused-ring (bicyclic) bond motifs is 2. The summed E-state index contributed by atoms with van der Waals surface area (Å²) >= 11 is 0. The lowest BCUT2D eigenvalue weighted by Gasteiger charge is -2.35. The number of aromatic amines is 1. The monoisotopic (exact) mass is 440 g/mol. The Hall–Kier alpha value is -2.92. The van der Waals surface area contributed by atoms with Crippen LogP contribution in [0.3, 0.4) is 0 Å². The number of hydrogen-bond acceptors (Lipinski definition) is 6. The molecule has 0 aliphatic carbocycles. The van der Waals surface area contributed by atoms with Crippen molar-refractivity contribution in [1.82, 2.24) is 15.0 Å². The maximum atomic E-state index is 13.7. The second-order valence-corrected chi connectivity index (χ2v) is 7.94. The molecular formula is C20H20F4N4O3. The van der Waals surface area contributed by atoms with Crippen molar-refractivity contribution < 1.29 is 32.1 Å². The number of hydrogen-bond donors (Lipinski definition) is 3. The van der Waals surface area contributed by atoms with Gasteiger partial charge in [0, 0.05) is 11.6 Å². The smallest absolute Gasteiger partial charge is 0.431 e. The number of aromatic nitrogens is 3. The average molecular weight is 440 g/mol. The molecule has 166 valence electrons. The number of nitrogens with one attached hydrogen (secondary N) is 2. The lowest BCUT2D eigenvalue weighted by molar-refractivity contribution is -0.140. The highest BCUT2D eigenvalue weighted by molar-refractivity contribution is 5.88. The molecule has 3 heterocycles. The van der Waals surface area contributed by atoms with Crippen LogP contribution in [0.2, 0.25) is 0 Å². The predicted molar refractivity (Wildman–Crippen MR) is 103 cm³/mol. The first-order chi connectivity index (χ1) is 14.5. The fraction of sp³-hybridized carbons (Fsp3) is 0.400. The number of halogens is 4. The van der Waals surface area contributed by atoms with E-state index in [-0.39, 0.29) is 35.8 Å². The van der Waals surface area contributed by atoms with Crippen molar-refractivity contribution >= 4 is 16.9 Å². The van der Waals surface area contributed by atoms with Crippen LogP contribution in [0.15, 0.2) is 30.6 Å². The van der Waals surface area contributed by atoms with E-state index in [9.17, 15) is 22.7 Å². The van der Waals surface area contributed by atoms with Crippen molar-refractivity contribution in [3.05, 3.63) is 47.7 Å². The first-order valence-corrected chi connectivity index (χ1v) is 9.45. The molecule has 0 fully saturated rings. The van der Waals surface area contributed by atoms with Crippen LogP contribution in [-0.2, 0) is 10.9 Å². The SMILES string of the molecule is CC(C)(O)CO[C@H]1COc2cc(F)ccc2[C@@H]1Nc1ncnc2[nH]c(C(F)(F)F)cc12. The highest BCUT2D eigenvalue weighted by Gasteiger charge is 2.36. The molecule has 1 aromatic carbocycles. The summed E-state index contributed by atoms with van der Waals surface area (Å²) in [6.45, 7) is 3.18. The van der Waals surface area contributed by atoms with Gasteiger partial charge in [-0.1, -0.05) is 6.07 Å². The number of aliphatic hydroxyl groups is 1. The Labute approximate surface area is 174 Å². The zero-order chi connectivity index (χ0) is 22.4. The third-order valence-electron chi connectivity index (χ3n) is 4.76. The van der Waals surface area contributed by atoms with Gasteiger partial charge in [0.2, 0.25) is 0 Å². The number of H-pyrrole nitrogens is 1. The van der Waals surface area contributed by atoms with Gasteiger partial charge in [-0.3, -0.25) is 0 Å². The van der Waals surface area contributed by atoms with Gasteiger partial charge in [-0.15, -0.1) is 0 Å². The fourth-order valence-corrected chi connectivity index (χ4v) is 3.34. The summed E-state index contributed by atoms with van der Waals surface area (Å²) in [5, 5.41) is 13.3. The molecule has 3 aromatic rings. The van der Waals surface area contributed by atoms with Crippen molar-refractivity contribution in [1.29, 1.82) is 0 Å². The molecule has 2 atom stereocenters. The van der Waals surface area contributed by atoms with Gasteiger partial charge in [-0.2, -0.15) is 13.2 Å². The van der Waals surface area contributed by atoms with Gasteiger partial charge >= 0.3 is 6.18 Å². The third kappa shape index (κ3) is 4.57. The van der Waals surface area contributed by atoms with Gasteiger partial charge in [-0.05, 0) is 26.0 Å². The Balaban J connectivity index is 1.72. The molecular weight excluding hydrogens is 420 g/mol. The molecule has 11 heteroatoms. The van der Waals surface area contributed by atoms with Crippen molar-refractivity contribution in [3.63, 3.8) is 0 Å². The fourth-order valence-electron chi connectivity index (χ4n) is 3.34. The highest BCUT2D eigenvalue weighted by atomic mass is 19.4. The van der Waals surface area contributed by atoms with Crippen LogP contribution in [0.1, 0.15) is 31.1 Å². The standard InChI is InChI=1S/C20H20F4N4O3/c1-19(2,29)8-31-14-7-30-13-5-10(21)3-4-11(13)16(14)28-18-12-6-15(20(22,23)24)27-17(12)25-9-26-18/h3-6,9,14,16,29H,7-8H2,1-2H3,(H2,25,26,27,28)/t14-,16-/m0/s1. The second-order valence-electron chi connectivity index (χ2n) is 7.94. The van der Waals surface area contributed by atoms with Gasteiger partial charge in [0.25, 0.3) is 0 Å². The molecule has 0 unspecified atom stereocenters. The van der Waals surface area contributed by atoms with E-state index in [2.05, 4.69) is 20.3 Å². The van der Waals surface area contributed by atoms with E-state index in [1.807, 2.05) is 0 Å². The molecule has 7 nitrogen and oxygen atoms in total. The van der Waals surface area contributed by atoms with E-state index in [4.69, 9.17) is 9.47 Å². The summed E-state index contributed by atoms with van der Waals surface area (Å²) in [5.41, 5.74) is -1.50. The number of alkyl halides is 3. The van der Waals surface area contributed by atoms with Crippen LogP contribution in [0, 0.1) is 5.82 Å². The van der Waals surface area contributed by atoms with E-state index >= 15 is 0 Å². The molecule has 4 rings (SSSR count). The van der Waals surface area contributed by atoms with Gasteiger partial charge in [0.15, 0.2) is 0 Å². The normalized spacial score (nSPS) is 19.2. The Bertz CT molecular complexity index is 1090. The first-order valence-electron chi connectivity index (χ1n) is 9.45. The first kappa shape index (κ1) is 21.3. The van der Waals surface area contributed by atoms with Crippen molar-refractivity contribution in [2.45, 2.75) is 37.8 Å². The lowest BCUT2D eigenvalue weighted by Crippen LogP contribution is -2.40. The minimum Gasteiger partial charge on any atom is -0.490 e. The Morgan fingerprint density at radius 2 is 2.03 bits per heavy atom. The molecule has 3 N–H and O–H groups in total. The number of ether oxygens (including phenoxy) is 2. The third-order valence-corrected chi connectivity index (χ3v) is 4.76. The summed E-state index contributed by atoms with van der Waals surface area (Å²) in [6, 6.07) is 4.29. The topological polar surface area (TPSA) is 92.3 Å². The predicted octanol–water partition coefficient (Wildman–Crippen LogP) is 3.82. The number of anilines is 1. The molecule has 0 saturated heterocycles. The minimum absolute atomic E-state index is 0.0166. The average Bonchev–Trinajstić information content (AvgIpc) is 3.12. The zero-order valence-corrected chi connectivity index (χ0v) is 16.6. The molecule has 0 radical (unpaired) electrons. The van der Waals surface area contributed by atoms with Gasteiger partial charge < -0.3 is 24.9 Å². The second kappa shape index (κ2) is 7.65. The van der Waals surface area contributed by atoms with E-state index in [0.29, 0.717) is 5.56 Å². The van der Waals surface area contributed by atoms with E-state index in [1.165, 1.54) is 18.2 Å². The van der Waals surface area contributed by atoms with Crippen molar-refractivity contribution in [3.8, 4) is 5.75 Å². The summed E-state index contributed by atoms with van der Waals surface area (Å²) < 4.78 is 64.5. The Kier molecular flexibility index (Phi) is 5.26. The van der Waals surface area contributed by atoms with Crippen LogP contribution in [0.5, 0.6) is 5.75 Å². The largest absolute Gasteiger partial charge is 0.490 e. The van der Waals surface area contributed by atoms with Gasteiger partial charge in [-0.25, -0.2) is 14.4 Å².